The fourth-order valence-corrected chi connectivity index (χ4v) is 1.11. The Balaban J connectivity index is 2.78. The fourth-order valence-electron chi connectivity index (χ4n) is 1.11. The fraction of sp³-hybridized carbons (Fsp3) is 0.444. The first-order valence-electron chi connectivity index (χ1n) is 3.73. The summed E-state index contributed by atoms with van der Waals surface area (Å²) in [5.41, 5.74) is 1.64. The second-order valence-electron chi connectivity index (χ2n) is 2.70. The summed E-state index contributed by atoms with van der Waals surface area (Å²) in [6.45, 7) is 1.71. The van der Waals surface area contributed by atoms with Gasteiger partial charge in [-0.25, -0.2) is 0 Å². The molecule has 0 aliphatic heterocycles. The molecule has 0 radical (unpaired) electrons. The van der Waals surface area contributed by atoms with Crippen LogP contribution in [-0.4, -0.2) is 11.2 Å². The van der Waals surface area contributed by atoms with Crippen molar-refractivity contribution in [3.63, 3.8) is 0 Å². The third kappa shape index (κ3) is 1.92. The molecule has 0 saturated heterocycles. The Kier molecular flexibility index (Phi) is 2.45. The molecule has 0 saturated carbocycles. The summed E-state index contributed by atoms with van der Waals surface area (Å²) in [5, 5.41) is 17.7. The average molecular weight is 149 g/mol. The van der Waals surface area contributed by atoms with Crippen LogP contribution in [-0.2, 0) is 0 Å². The number of hydrogen-bond acceptors (Lipinski definition) is 2. The molecule has 2 nitrogen and oxygen atoms in total. The van der Waals surface area contributed by atoms with E-state index in [-0.39, 0.29) is 0 Å². The first-order chi connectivity index (χ1) is 5.24. The quantitative estimate of drug-likeness (QED) is 0.614. The molecule has 0 aromatic rings. The summed E-state index contributed by atoms with van der Waals surface area (Å²) < 4.78 is 0. The van der Waals surface area contributed by atoms with Crippen molar-refractivity contribution in [2.75, 3.05) is 0 Å². The Hall–Kier alpha value is -1.07. The van der Waals surface area contributed by atoms with Crippen LogP contribution in [0, 0.1) is 11.3 Å². The monoisotopic (exact) mass is 149 g/mol. The summed E-state index contributed by atoms with van der Waals surface area (Å²) in [6.07, 6.45) is 4.99. The topological polar surface area (TPSA) is 44.0 Å². The van der Waals surface area contributed by atoms with Crippen LogP contribution in [0.15, 0.2) is 23.3 Å². The molecule has 1 rings (SSSR count). The number of rotatable bonds is 1. The summed E-state index contributed by atoms with van der Waals surface area (Å²) in [7, 11) is 0. The van der Waals surface area contributed by atoms with Crippen LogP contribution in [0.25, 0.3) is 0 Å². The van der Waals surface area contributed by atoms with Crippen LogP contribution in [0.2, 0.25) is 0 Å². The Morgan fingerprint density at radius 2 is 2.45 bits per heavy atom. The molecule has 1 N–H and O–H groups in total. The SMILES string of the molecule is C[C@@H](O)C1=CCCC(C#N)=C1. The normalized spacial score (nSPS) is 19.7. The Labute approximate surface area is 66.5 Å². The van der Waals surface area contributed by atoms with Gasteiger partial charge in [0, 0.05) is 5.57 Å². The van der Waals surface area contributed by atoms with Crippen LogP contribution in [0.4, 0.5) is 0 Å². The van der Waals surface area contributed by atoms with E-state index in [9.17, 15) is 0 Å². The molecule has 0 aromatic carbocycles. The van der Waals surface area contributed by atoms with Gasteiger partial charge < -0.3 is 5.11 Å². The molecule has 0 spiro atoms. The lowest BCUT2D eigenvalue weighted by atomic mass is 9.98. The molecule has 1 atom stereocenters. The van der Waals surface area contributed by atoms with E-state index in [1.165, 1.54) is 0 Å². The van der Waals surface area contributed by atoms with Crippen LogP contribution >= 0.6 is 0 Å². The van der Waals surface area contributed by atoms with Gasteiger partial charge >= 0.3 is 0 Å². The highest BCUT2D eigenvalue weighted by Crippen LogP contribution is 2.18. The number of nitrogens with zero attached hydrogens (tertiary/aromatic N) is 1. The van der Waals surface area contributed by atoms with Crippen LogP contribution < -0.4 is 0 Å². The molecule has 58 valence electrons. The molecule has 2 heteroatoms. The molecule has 0 aromatic heterocycles. The van der Waals surface area contributed by atoms with E-state index in [0.29, 0.717) is 0 Å². The Morgan fingerprint density at radius 3 is 3.00 bits per heavy atom. The van der Waals surface area contributed by atoms with E-state index >= 15 is 0 Å². The van der Waals surface area contributed by atoms with Gasteiger partial charge in [-0.1, -0.05) is 6.08 Å². The molecule has 1 aliphatic carbocycles. The maximum absolute atomic E-state index is 9.17. The maximum Gasteiger partial charge on any atom is 0.0947 e. The maximum atomic E-state index is 9.17. The molecular formula is C9H11NO. The van der Waals surface area contributed by atoms with E-state index < -0.39 is 6.10 Å². The molecular weight excluding hydrogens is 138 g/mol. The van der Waals surface area contributed by atoms with Gasteiger partial charge in [-0.2, -0.15) is 5.26 Å². The van der Waals surface area contributed by atoms with Crippen molar-refractivity contribution < 1.29 is 5.11 Å². The zero-order valence-electron chi connectivity index (χ0n) is 6.54. The van der Waals surface area contributed by atoms with Crippen molar-refractivity contribution in [1.29, 1.82) is 5.26 Å². The van der Waals surface area contributed by atoms with E-state index in [4.69, 9.17) is 10.4 Å². The first-order valence-corrected chi connectivity index (χ1v) is 3.73. The minimum atomic E-state index is -0.446. The second kappa shape index (κ2) is 3.36. The molecule has 0 heterocycles. The standard InChI is InChI=1S/C9H11NO/c1-7(11)9-4-2-3-8(5-9)6-10/h4-5,7,11H,2-3H2,1H3/t7-/m1/s1. The Bertz CT molecular complexity index is 243. The number of allylic oxidation sites excluding steroid dienone is 2. The number of aliphatic hydroxyl groups is 1. The van der Waals surface area contributed by atoms with E-state index in [1.807, 2.05) is 6.08 Å². The third-order valence-corrected chi connectivity index (χ3v) is 1.76. The smallest absolute Gasteiger partial charge is 0.0947 e. The van der Waals surface area contributed by atoms with Crippen molar-refractivity contribution in [3.05, 3.63) is 23.3 Å². The summed E-state index contributed by atoms with van der Waals surface area (Å²) in [6, 6.07) is 2.10. The second-order valence-corrected chi connectivity index (χ2v) is 2.70. The number of hydrogen-bond donors (Lipinski definition) is 1. The summed E-state index contributed by atoms with van der Waals surface area (Å²) in [4.78, 5) is 0. The van der Waals surface area contributed by atoms with Gasteiger partial charge in [-0.15, -0.1) is 0 Å². The number of nitriles is 1. The van der Waals surface area contributed by atoms with E-state index in [1.54, 1.807) is 13.0 Å². The zero-order chi connectivity index (χ0) is 8.27. The molecule has 11 heavy (non-hydrogen) atoms. The minimum Gasteiger partial charge on any atom is -0.389 e. The first kappa shape index (κ1) is 8.03. The summed E-state index contributed by atoms with van der Waals surface area (Å²) >= 11 is 0. The minimum absolute atomic E-state index is 0.446. The highest BCUT2D eigenvalue weighted by atomic mass is 16.3. The van der Waals surface area contributed by atoms with E-state index in [2.05, 4.69) is 6.07 Å². The van der Waals surface area contributed by atoms with Crippen molar-refractivity contribution in [2.45, 2.75) is 25.9 Å². The lowest BCUT2D eigenvalue weighted by molar-refractivity contribution is 0.234. The molecule has 0 bridgehead atoms. The van der Waals surface area contributed by atoms with Crippen LogP contribution in [0.5, 0.6) is 0 Å². The van der Waals surface area contributed by atoms with Gasteiger partial charge in [0.1, 0.15) is 0 Å². The Morgan fingerprint density at radius 1 is 1.73 bits per heavy atom. The molecule has 0 unspecified atom stereocenters. The molecule has 0 amide bonds. The predicted molar refractivity (Wildman–Crippen MR) is 42.7 cm³/mol. The van der Waals surface area contributed by atoms with Crippen molar-refractivity contribution in [1.82, 2.24) is 0 Å². The van der Waals surface area contributed by atoms with Crippen molar-refractivity contribution >= 4 is 0 Å². The van der Waals surface area contributed by atoms with Gasteiger partial charge in [0.05, 0.1) is 12.2 Å². The lowest BCUT2D eigenvalue weighted by Gasteiger charge is -2.10. The molecule has 1 aliphatic rings. The van der Waals surface area contributed by atoms with Crippen molar-refractivity contribution in [3.8, 4) is 6.07 Å². The molecule has 0 fully saturated rings. The average Bonchev–Trinajstić information content (AvgIpc) is 2.05. The summed E-state index contributed by atoms with van der Waals surface area (Å²) in [5.74, 6) is 0. The van der Waals surface area contributed by atoms with Gasteiger partial charge in [0.15, 0.2) is 0 Å². The van der Waals surface area contributed by atoms with Crippen LogP contribution in [0.1, 0.15) is 19.8 Å². The van der Waals surface area contributed by atoms with E-state index in [0.717, 1.165) is 24.0 Å². The van der Waals surface area contributed by atoms with Gasteiger partial charge in [0.25, 0.3) is 0 Å². The predicted octanol–water partition coefficient (Wildman–Crippen LogP) is 1.54. The largest absolute Gasteiger partial charge is 0.389 e. The van der Waals surface area contributed by atoms with Crippen LogP contribution in [0.3, 0.4) is 0 Å². The van der Waals surface area contributed by atoms with Gasteiger partial charge in [-0.3, -0.25) is 0 Å². The van der Waals surface area contributed by atoms with Gasteiger partial charge in [0.2, 0.25) is 0 Å². The third-order valence-electron chi connectivity index (χ3n) is 1.76. The highest BCUT2D eigenvalue weighted by Gasteiger charge is 2.07. The van der Waals surface area contributed by atoms with Gasteiger partial charge in [-0.05, 0) is 31.4 Å². The number of aliphatic hydroxyl groups excluding tert-OH is 1. The lowest BCUT2D eigenvalue weighted by Crippen LogP contribution is -2.05. The zero-order valence-corrected chi connectivity index (χ0v) is 6.54. The highest BCUT2D eigenvalue weighted by molar-refractivity contribution is 5.36. The van der Waals surface area contributed by atoms with Crippen molar-refractivity contribution in [2.24, 2.45) is 0 Å².